The molecule has 10 nitrogen and oxygen atoms in total. The largest absolute Gasteiger partial charge is 0.449 e. The summed E-state index contributed by atoms with van der Waals surface area (Å²) in [5.74, 6) is -2.32. The van der Waals surface area contributed by atoms with Gasteiger partial charge in [0.25, 0.3) is 0 Å². The number of amides is 4. The van der Waals surface area contributed by atoms with Crippen molar-refractivity contribution in [2.24, 2.45) is 17.4 Å². The number of carbonyl (C=O) groups is 4. The Hall–Kier alpha value is -2.36. The van der Waals surface area contributed by atoms with Crippen molar-refractivity contribution in [1.29, 1.82) is 0 Å². The molecule has 0 spiro atoms. The minimum absolute atomic E-state index is 0.00391. The van der Waals surface area contributed by atoms with E-state index in [4.69, 9.17) is 21.3 Å². The van der Waals surface area contributed by atoms with Crippen LogP contribution in [0.2, 0.25) is 0 Å². The normalized spacial score (nSPS) is 13.0. The second-order valence-corrected chi connectivity index (χ2v) is 5.67. The molecule has 0 aromatic rings. The monoisotopic (exact) mass is 346 g/mol. The zero-order chi connectivity index (χ0) is 18.7. The molecule has 0 aliphatic rings. The zero-order valence-corrected chi connectivity index (χ0v) is 13.9. The lowest BCUT2D eigenvalue weighted by molar-refractivity contribution is -0.130. The van der Waals surface area contributed by atoms with Crippen LogP contribution >= 0.6 is 0 Å². The van der Waals surface area contributed by atoms with E-state index in [2.05, 4.69) is 10.6 Å². The van der Waals surface area contributed by atoms with Crippen LogP contribution in [-0.2, 0) is 19.1 Å². The van der Waals surface area contributed by atoms with Crippen molar-refractivity contribution in [3.05, 3.63) is 0 Å². The molecule has 0 heterocycles. The Morgan fingerprint density at radius 1 is 1.08 bits per heavy atom. The molecule has 0 unspecified atom stereocenters. The van der Waals surface area contributed by atoms with Gasteiger partial charge in [0, 0.05) is 13.0 Å². The quantitative estimate of drug-likeness (QED) is 0.280. The van der Waals surface area contributed by atoms with E-state index in [1.165, 1.54) is 0 Å². The van der Waals surface area contributed by atoms with Crippen molar-refractivity contribution < 1.29 is 29.0 Å². The lowest BCUT2D eigenvalue weighted by Gasteiger charge is -2.22. The fourth-order valence-corrected chi connectivity index (χ4v) is 1.81. The SMILES string of the molecule is CC(C)C[C@H](NC(=O)OCCCO)C(=O)N[C@@H](CC(N)=O)C(N)=O. The van der Waals surface area contributed by atoms with Crippen LogP contribution in [0.3, 0.4) is 0 Å². The van der Waals surface area contributed by atoms with Crippen LogP contribution in [0, 0.1) is 5.92 Å². The fourth-order valence-electron chi connectivity index (χ4n) is 1.81. The Morgan fingerprint density at radius 2 is 1.71 bits per heavy atom. The first-order valence-corrected chi connectivity index (χ1v) is 7.59. The predicted molar refractivity (Wildman–Crippen MR) is 84.4 cm³/mol. The summed E-state index contributed by atoms with van der Waals surface area (Å²) < 4.78 is 4.81. The molecular formula is C14H26N4O6. The smallest absolute Gasteiger partial charge is 0.407 e. The van der Waals surface area contributed by atoms with E-state index in [9.17, 15) is 19.2 Å². The average molecular weight is 346 g/mol. The highest BCUT2D eigenvalue weighted by Gasteiger charge is 2.27. The van der Waals surface area contributed by atoms with Gasteiger partial charge in [-0.15, -0.1) is 0 Å². The summed E-state index contributed by atoms with van der Waals surface area (Å²) in [6.07, 6.45) is -0.703. The maximum Gasteiger partial charge on any atom is 0.407 e. The number of hydrogen-bond donors (Lipinski definition) is 5. The van der Waals surface area contributed by atoms with Gasteiger partial charge in [-0.2, -0.15) is 0 Å². The van der Waals surface area contributed by atoms with Gasteiger partial charge >= 0.3 is 6.09 Å². The first-order valence-electron chi connectivity index (χ1n) is 7.59. The number of carbonyl (C=O) groups excluding carboxylic acids is 4. The topological polar surface area (TPSA) is 174 Å². The lowest BCUT2D eigenvalue weighted by atomic mass is 10.0. The summed E-state index contributed by atoms with van der Waals surface area (Å²) >= 11 is 0. The van der Waals surface area contributed by atoms with Gasteiger partial charge in [-0.05, 0) is 12.3 Å². The van der Waals surface area contributed by atoms with Crippen LogP contribution in [0.15, 0.2) is 0 Å². The molecule has 0 saturated carbocycles. The summed E-state index contributed by atoms with van der Waals surface area (Å²) in [7, 11) is 0. The van der Waals surface area contributed by atoms with Gasteiger partial charge in [-0.25, -0.2) is 4.79 Å². The van der Waals surface area contributed by atoms with Crippen molar-refractivity contribution in [2.45, 2.75) is 45.2 Å². The molecule has 10 heteroatoms. The van der Waals surface area contributed by atoms with Gasteiger partial charge in [0.05, 0.1) is 13.0 Å². The average Bonchev–Trinajstić information content (AvgIpc) is 2.45. The van der Waals surface area contributed by atoms with Crippen LogP contribution in [0.1, 0.15) is 33.1 Å². The number of rotatable bonds is 11. The molecule has 0 saturated heterocycles. The first kappa shape index (κ1) is 21.6. The van der Waals surface area contributed by atoms with E-state index in [0.717, 1.165) is 0 Å². The molecule has 2 atom stereocenters. The van der Waals surface area contributed by atoms with Crippen LogP contribution in [-0.4, -0.2) is 54.2 Å². The number of alkyl carbamates (subject to hydrolysis) is 1. The second-order valence-electron chi connectivity index (χ2n) is 5.67. The van der Waals surface area contributed by atoms with Gasteiger partial charge < -0.3 is 31.9 Å². The molecular weight excluding hydrogens is 320 g/mol. The summed E-state index contributed by atoms with van der Waals surface area (Å²) in [6.45, 7) is 3.56. The van der Waals surface area contributed by atoms with E-state index in [0.29, 0.717) is 0 Å². The van der Waals surface area contributed by atoms with Crippen LogP contribution in [0.5, 0.6) is 0 Å². The van der Waals surface area contributed by atoms with Crippen molar-refractivity contribution in [3.8, 4) is 0 Å². The van der Waals surface area contributed by atoms with E-state index in [1.807, 2.05) is 13.8 Å². The van der Waals surface area contributed by atoms with Gasteiger partial charge in [0.15, 0.2) is 0 Å². The number of hydrogen-bond acceptors (Lipinski definition) is 6. The van der Waals surface area contributed by atoms with Crippen molar-refractivity contribution in [3.63, 3.8) is 0 Å². The third-order valence-electron chi connectivity index (χ3n) is 2.92. The highest BCUT2D eigenvalue weighted by Crippen LogP contribution is 2.06. The molecule has 0 aliphatic heterocycles. The van der Waals surface area contributed by atoms with E-state index < -0.39 is 42.3 Å². The summed E-state index contributed by atoms with van der Waals surface area (Å²) in [5, 5.41) is 13.3. The summed E-state index contributed by atoms with van der Waals surface area (Å²) in [4.78, 5) is 46.1. The lowest BCUT2D eigenvalue weighted by Crippen LogP contribution is -2.54. The number of nitrogens with two attached hydrogens (primary N) is 2. The number of aliphatic hydroxyl groups is 1. The first-order chi connectivity index (χ1) is 11.2. The van der Waals surface area contributed by atoms with Crippen molar-refractivity contribution in [1.82, 2.24) is 10.6 Å². The maximum absolute atomic E-state index is 12.3. The number of aliphatic hydroxyl groups excluding tert-OH is 1. The van der Waals surface area contributed by atoms with Crippen molar-refractivity contribution in [2.75, 3.05) is 13.2 Å². The predicted octanol–water partition coefficient (Wildman–Crippen LogP) is -1.64. The van der Waals surface area contributed by atoms with E-state index in [1.54, 1.807) is 0 Å². The molecule has 0 radical (unpaired) electrons. The fraction of sp³-hybridized carbons (Fsp3) is 0.714. The molecule has 0 aliphatic carbocycles. The standard InChI is InChI=1S/C14H26N4O6/c1-8(2)6-10(18-14(23)24-5-3-4-19)13(22)17-9(12(16)21)7-11(15)20/h8-10,19H,3-7H2,1-2H3,(H2,15,20)(H2,16,21)(H,17,22)(H,18,23)/t9-,10-/m0/s1. The summed E-state index contributed by atoms with van der Waals surface area (Å²) in [6, 6.07) is -2.22. The van der Waals surface area contributed by atoms with Crippen molar-refractivity contribution >= 4 is 23.8 Å². The van der Waals surface area contributed by atoms with E-state index in [-0.39, 0.29) is 32.0 Å². The third-order valence-corrected chi connectivity index (χ3v) is 2.92. The molecule has 0 aromatic carbocycles. The number of ether oxygens (including phenoxy) is 1. The zero-order valence-electron chi connectivity index (χ0n) is 13.9. The minimum Gasteiger partial charge on any atom is -0.449 e. The third kappa shape index (κ3) is 9.62. The molecule has 138 valence electrons. The number of primary amides is 2. The molecule has 4 amide bonds. The van der Waals surface area contributed by atoms with Gasteiger partial charge in [0.2, 0.25) is 17.7 Å². The van der Waals surface area contributed by atoms with Crippen LogP contribution in [0.4, 0.5) is 4.79 Å². The van der Waals surface area contributed by atoms with E-state index >= 15 is 0 Å². The Bertz CT molecular complexity index is 455. The molecule has 0 aromatic heterocycles. The van der Waals surface area contributed by atoms with Gasteiger partial charge in [-0.1, -0.05) is 13.8 Å². The summed E-state index contributed by atoms with van der Waals surface area (Å²) in [5.41, 5.74) is 10.1. The number of nitrogens with one attached hydrogen (secondary N) is 2. The highest BCUT2D eigenvalue weighted by molar-refractivity contribution is 5.93. The molecule has 0 fully saturated rings. The van der Waals surface area contributed by atoms with Crippen LogP contribution < -0.4 is 22.1 Å². The van der Waals surface area contributed by atoms with Gasteiger partial charge in [0.1, 0.15) is 12.1 Å². The molecule has 0 bridgehead atoms. The highest BCUT2D eigenvalue weighted by atomic mass is 16.5. The molecule has 24 heavy (non-hydrogen) atoms. The Kier molecular flexibility index (Phi) is 10.1. The maximum atomic E-state index is 12.3. The minimum atomic E-state index is -1.25. The Morgan fingerprint density at radius 3 is 2.17 bits per heavy atom. The Balaban J connectivity index is 4.82. The Labute approximate surface area is 140 Å². The second kappa shape index (κ2) is 11.2. The molecule has 0 rings (SSSR count). The van der Waals surface area contributed by atoms with Gasteiger partial charge in [-0.3, -0.25) is 14.4 Å². The molecule has 7 N–H and O–H groups in total. The van der Waals surface area contributed by atoms with Crippen LogP contribution in [0.25, 0.3) is 0 Å².